The van der Waals surface area contributed by atoms with Crippen molar-refractivity contribution >= 4 is 44.2 Å². The summed E-state index contributed by atoms with van der Waals surface area (Å²) in [6.45, 7) is 9.37. The van der Waals surface area contributed by atoms with Crippen LogP contribution in [0.3, 0.4) is 0 Å². The minimum absolute atomic E-state index is 0.0876. The van der Waals surface area contributed by atoms with Crippen molar-refractivity contribution in [3.8, 4) is 0 Å². The topological polar surface area (TPSA) is 54.3 Å². The number of hydrogen-bond acceptors (Lipinski definition) is 5. The van der Waals surface area contributed by atoms with Crippen molar-refractivity contribution in [2.45, 2.75) is 20.8 Å². The fourth-order valence-corrected chi connectivity index (χ4v) is 4.28. The minimum atomic E-state index is -0.0876. The minimum Gasteiger partial charge on any atom is -0.302 e. The van der Waals surface area contributed by atoms with Crippen LogP contribution in [0, 0.1) is 6.92 Å². The van der Waals surface area contributed by atoms with Crippen LogP contribution in [0.1, 0.15) is 30.0 Å². The van der Waals surface area contributed by atoms with Gasteiger partial charge in [0.15, 0.2) is 5.13 Å². The van der Waals surface area contributed by atoms with Gasteiger partial charge in [0.2, 0.25) is 0 Å². The lowest BCUT2D eigenvalue weighted by molar-refractivity contribution is 0.0974. The lowest BCUT2D eigenvalue weighted by atomic mass is 10.3. The molecule has 0 fully saturated rings. The van der Waals surface area contributed by atoms with Crippen molar-refractivity contribution in [1.29, 1.82) is 0 Å². The quantitative estimate of drug-likeness (QED) is 0.596. The number of hydrogen-bond donors (Lipinski definition) is 0. The third-order valence-electron chi connectivity index (χ3n) is 4.57. The molecule has 6 nitrogen and oxygen atoms in total. The average molecular weight is 406 g/mol. The van der Waals surface area contributed by atoms with Crippen LogP contribution in [-0.4, -0.2) is 51.8 Å². The molecule has 0 aliphatic rings. The Labute approximate surface area is 168 Å². The Hall–Kier alpha value is -1.96. The highest BCUT2D eigenvalue weighted by molar-refractivity contribution is 7.22. The first kappa shape index (κ1) is 19.8. The summed E-state index contributed by atoms with van der Waals surface area (Å²) in [5, 5.41) is 5.67. The summed E-state index contributed by atoms with van der Waals surface area (Å²) in [6, 6.07) is 7.41. The van der Waals surface area contributed by atoms with E-state index in [-0.39, 0.29) is 5.91 Å². The molecule has 0 unspecified atom stereocenters. The molecule has 0 saturated carbocycles. The highest BCUT2D eigenvalue weighted by Crippen LogP contribution is 2.31. The molecule has 27 heavy (non-hydrogen) atoms. The smallest absolute Gasteiger partial charge is 0.278 e. The van der Waals surface area contributed by atoms with E-state index < -0.39 is 0 Å². The summed E-state index contributed by atoms with van der Waals surface area (Å²) in [5.41, 5.74) is 2.23. The second-order valence-electron chi connectivity index (χ2n) is 6.39. The monoisotopic (exact) mass is 405 g/mol. The second-order valence-corrected chi connectivity index (χ2v) is 7.83. The van der Waals surface area contributed by atoms with Gasteiger partial charge < -0.3 is 4.90 Å². The van der Waals surface area contributed by atoms with Crippen LogP contribution in [0.4, 0.5) is 5.13 Å². The van der Waals surface area contributed by atoms with E-state index in [0.717, 1.165) is 35.5 Å². The number of likely N-dealkylation sites (N-methyl/N-ethyl adjacent to an activating group) is 1. The van der Waals surface area contributed by atoms with Gasteiger partial charge in [-0.2, -0.15) is 5.10 Å². The normalized spacial score (nSPS) is 11.5. The van der Waals surface area contributed by atoms with Crippen molar-refractivity contribution in [1.82, 2.24) is 19.7 Å². The fourth-order valence-electron chi connectivity index (χ4n) is 3.02. The standard InChI is InChI=1S/C19H24ClN5OS/c1-5-24(6-2)9-10-25(18(26)16-11-13(3)22-23(16)4)19-21-15-8-7-14(20)12-17(15)27-19/h7-8,11-12H,5-6,9-10H2,1-4H3. The first-order chi connectivity index (χ1) is 12.9. The van der Waals surface area contributed by atoms with Gasteiger partial charge in [-0.15, -0.1) is 0 Å². The second kappa shape index (κ2) is 8.37. The number of amides is 1. The number of rotatable bonds is 7. The van der Waals surface area contributed by atoms with Crippen molar-refractivity contribution in [2.24, 2.45) is 7.05 Å². The summed E-state index contributed by atoms with van der Waals surface area (Å²) in [5.74, 6) is -0.0876. The third kappa shape index (κ3) is 4.31. The van der Waals surface area contributed by atoms with Gasteiger partial charge in [0, 0.05) is 25.2 Å². The van der Waals surface area contributed by atoms with E-state index in [2.05, 4.69) is 28.8 Å². The number of aromatic nitrogens is 3. The number of fused-ring (bicyclic) bond motifs is 1. The Balaban J connectivity index is 1.97. The molecule has 1 aromatic carbocycles. The molecule has 3 rings (SSSR count). The van der Waals surface area contributed by atoms with Gasteiger partial charge in [-0.25, -0.2) is 4.98 Å². The Bertz CT molecular complexity index is 947. The molecule has 0 bridgehead atoms. The summed E-state index contributed by atoms with van der Waals surface area (Å²) in [7, 11) is 1.79. The largest absolute Gasteiger partial charge is 0.302 e. The van der Waals surface area contributed by atoms with Gasteiger partial charge in [0.05, 0.1) is 15.9 Å². The fraction of sp³-hybridized carbons (Fsp3) is 0.421. The average Bonchev–Trinajstić information content (AvgIpc) is 3.20. The third-order valence-corrected chi connectivity index (χ3v) is 5.85. The number of carbonyl (C=O) groups excluding carboxylic acids is 1. The van der Waals surface area contributed by atoms with Crippen molar-refractivity contribution in [2.75, 3.05) is 31.1 Å². The van der Waals surface area contributed by atoms with Gasteiger partial charge >= 0.3 is 0 Å². The van der Waals surface area contributed by atoms with E-state index in [9.17, 15) is 4.79 Å². The summed E-state index contributed by atoms with van der Waals surface area (Å²) < 4.78 is 2.60. The number of nitrogens with zero attached hydrogens (tertiary/aromatic N) is 5. The van der Waals surface area contributed by atoms with Crippen LogP contribution < -0.4 is 4.90 Å². The van der Waals surface area contributed by atoms with E-state index in [1.54, 1.807) is 16.6 Å². The van der Waals surface area contributed by atoms with Gasteiger partial charge in [-0.3, -0.25) is 14.4 Å². The molecule has 8 heteroatoms. The maximum absolute atomic E-state index is 13.3. The Morgan fingerprint density at radius 1 is 1.22 bits per heavy atom. The summed E-state index contributed by atoms with van der Waals surface area (Å²) in [6.07, 6.45) is 0. The zero-order valence-corrected chi connectivity index (χ0v) is 17.6. The predicted octanol–water partition coefficient (Wildman–Crippen LogP) is 3.98. The number of anilines is 1. The Kier molecular flexibility index (Phi) is 6.14. The molecular formula is C19H24ClN5OS. The molecule has 0 N–H and O–H groups in total. The number of benzene rings is 1. The van der Waals surface area contributed by atoms with Crippen LogP contribution in [0.2, 0.25) is 5.02 Å². The molecule has 0 aliphatic carbocycles. The van der Waals surface area contributed by atoms with Crippen LogP contribution in [0.5, 0.6) is 0 Å². The first-order valence-electron chi connectivity index (χ1n) is 9.03. The molecule has 2 aromatic heterocycles. The highest BCUT2D eigenvalue weighted by atomic mass is 35.5. The van der Waals surface area contributed by atoms with Crippen LogP contribution >= 0.6 is 22.9 Å². The highest BCUT2D eigenvalue weighted by Gasteiger charge is 2.24. The van der Waals surface area contributed by atoms with E-state index in [1.807, 2.05) is 31.2 Å². The lowest BCUT2D eigenvalue weighted by Crippen LogP contribution is -2.39. The van der Waals surface area contributed by atoms with Crippen LogP contribution in [0.15, 0.2) is 24.3 Å². The van der Waals surface area contributed by atoms with Crippen LogP contribution in [0.25, 0.3) is 10.2 Å². The Morgan fingerprint density at radius 3 is 2.59 bits per heavy atom. The van der Waals surface area contributed by atoms with Gasteiger partial charge in [0.1, 0.15) is 5.69 Å². The number of thiazole rings is 1. The van der Waals surface area contributed by atoms with Crippen LogP contribution in [-0.2, 0) is 7.05 Å². The van der Waals surface area contributed by atoms with E-state index in [4.69, 9.17) is 11.6 Å². The van der Waals surface area contributed by atoms with E-state index in [1.165, 1.54) is 11.3 Å². The Morgan fingerprint density at radius 2 is 1.96 bits per heavy atom. The molecular weight excluding hydrogens is 382 g/mol. The number of aryl methyl sites for hydroxylation is 2. The predicted molar refractivity (Wildman–Crippen MR) is 112 cm³/mol. The SMILES string of the molecule is CCN(CC)CCN(C(=O)c1cc(C)nn1C)c1nc2ccc(Cl)cc2s1. The van der Waals surface area contributed by atoms with Gasteiger partial charge in [-0.1, -0.05) is 36.8 Å². The molecule has 0 radical (unpaired) electrons. The molecule has 0 aliphatic heterocycles. The summed E-state index contributed by atoms with van der Waals surface area (Å²) >= 11 is 7.59. The first-order valence-corrected chi connectivity index (χ1v) is 10.2. The molecule has 1 amide bonds. The lowest BCUT2D eigenvalue weighted by Gasteiger charge is -2.24. The molecule has 0 atom stereocenters. The summed E-state index contributed by atoms with van der Waals surface area (Å²) in [4.78, 5) is 22.0. The van der Waals surface area contributed by atoms with Gasteiger partial charge in [-0.05, 0) is 44.3 Å². The van der Waals surface area contributed by atoms with Crippen molar-refractivity contribution in [3.05, 3.63) is 40.7 Å². The van der Waals surface area contributed by atoms with E-state index in [0.29, 0.717) is 22.4 Å². The molecule has 0 saturated heterocycles. The zero-order valence-electron chi connectivity index (χ0n) is 16.1. The van der Waals surface area contributed by atoms with Gasteiger partial charge in [0.25, 0.3) is 5.91 Å². The molecule has 144 valence electrons. The zero-order chi connectivity index (χ0) is 19.6. The molecule has 2 heterocycles. The van der Waals surface area contributed by atoms with E-state index >= 15 is 0 Å². The molecule has 0 spiro atoms. The number of halogens is 1. The molecule has 3 aromatic rings. The van der Waals surface area contributed by atoms with Crippen molar-refractivity contribution < 1.29 is 4.79 Å². The number of carbonyl (C=O) groups is 1. The van der Waals surface area contributed by atoms with Crippen molar-refractivity contribution in [3.63, 3.8) is 0 Å². The maximum atomic E-state index is 13.3. The maximum Gasteiger partial charge on any atom is 0.278 e.